The number of fused-ring (bicyclic) bond motifs is 1. The lowest BCUT2D eigenvalue weighted by Gasteiger charge is -2.21. The number of likely N-dealkylation sites (N-methyl/N-ethyl adjacent to an activating group) is 1. The fourth-order valence-corrected chi connectivity index (χ4v) is 1.77. The van der Waals surface area contributed by atoms with Gasteiger partial charge in [-0.1, -0.05) is 0 Å². The van der Waals surface area contributed by atoms with E-state index in [0.717, 1.165) is 11.2 Å². The van der Waals surface area contributed by atoms with Crippen molar-refractivity contribution in [3.8, 4) is 0 Å². The molecule has 1 unspecified atom stereocenters. The van der Waals surface area contributed by atoms with Gasteiger partial charge in [0.05, 0.1) is 12.5 Å². The van der Waals surface area contributed by atoms with E-state index in [4.69, 9.17) is 9.52 Å². The van der Waals surface area contributed by atoms with Gasteiger partial charge < -0.3 is 19.5 Å². The van der Waals surface area contributed by atoms with Crippen molar-refractivity contribution >= 4 is 22.8 Å². The molecule has 0 saturated carbocycles. The molecular weight excluding hydrogens is 236 g/mol. The van der Waals surface area contributed by atoms with Gasteiger partial charge in [0.25, 0.3) is 0 Å². The topological polar surface area (TPSA) is 86.8 Å². The lowest BCUT2D eigenvalue weighted by Crippen LogP contribution is -2.30. The van der Waals surface area contributed by atoms with Crippen molar-refractivity contribution in [1.82, 2.24) is 4.98 Å². The van der Waals surface area contributed by atoms with Crippen molar-refractivity contribution in [2.24, 2.45) is 0 Å². The molecule has 18 heavy (non-hydrogen) atoms. The Balaban J connectivity index is 2.07. The first kappa shape index (κ1) is 12.4. The van der Waals surface area contributed by atoms with Gasteiger partial charge in [-0.05, 0) is 12.1 Å². The lowest BCUT2D eigenvalue weighted by atomic mass is 10.2. The van der Waals surface area contributed by atoms with Gasteiger partial charge in [0, 0.05) is 25.3 Å². The number of rotatable bonds is 5. The van der Waals surface area contributed by atoms with E-state index in [1.54, 1.807) is 18.0 Å². The van der Waals surface area contributed by atoms with Gasteiger partial charge in [0.1, 0.15) is 5.52 Å². The second-order valence-electron chi connectivity index (χ2n) is 4.14. The highest BCUT2D eigenvalue weighted by Crippen LogP contribution is 2.20. The molecule has 0 spiro atoms. The van der Waals surface area contributed by atoms with Crippen molar-refractivity contribution in [3.05, 3.63) is 24.6 Å². The predicted molar refractivity (Wildman–Crippen MR) is 65.5 cm³/mol. The maximum Gasteiger partial charge on any atom is 0.306 e. The largest absolute Gasteiger partial charge is 0.481 e. The molecule has 2 aromatic rings. The van der Waals surface area contributed by atoms with E-state index in [1.165, 1.54) is 6.39 Å². The summed E-state index contributed by atoms with van der Waals surface area (Å²) in [6.45, 7) is 0.242. The van der Waals surface area contributed by atoms with Crippen LogP contribution in [0.4, 0.5) is 5.69 Å². The molecule has 1 heterocycles. The summed E-state index contributed by atoms with van der Waals surface area (Å²) in [6.07, 6.45) is 0.195. The summed E-state index contributed by atoms with van der Waals surface area (Å²) >= 11 is 0. The Morgan fingerprint density at radius 2 is 2.33 bits per heavy atom. The first-order valence-electron chi connectivity index (χ1n) is 5.50. The van der Waals surface area contributed by atoms with Gasteiger partial charge in [-0.2, -0.15) is 0 Å². The quantitative estimate of drug-likeness (QED) is 0.826. The van der Waals surface area contributed by atoms with Gasteiger partial charge in [-0.25, -0.2) is 4.98 Å². The van der Waals surface area contributed by atoms with Gasteiger partial charge >= 0.3 is 5.97 Å². The summed E-state index contributed by atoms with van der Waals surface area (Å²) in [7, 11) is 1.78. The number of carbonyl (C=O) groups is 1. The zero-order valence-electron chi connectivity index (χ0n) is 9.91. The predicted octanol–water partition coefficient (Wildman–Crippen LogP) is 1.10. The molecule has 0 fully saturated rings. The summed E-state index contributed by atoms with van der Waals surface area (Å²) in [6, 6.07) is 5.46. The van der Waals surface area contributed by atoms with Crippen LogP contribution in [0, 0.1) is 0 Å². The van der Waals surface area contributed by atoms with Crippen LogP contribution in [-0.2, 0) is 4.79 Å². The van der Waals surface area contributed by atoms with E-state index in [-0.39, 0.29) is 13.0 Å². The highest BCUT2D eigenvalue weighted by atomic mass is 16.4. The second kappa shape index (κ2) is 5.05. The minimum absolute atomic E-state index is 0.242. The first-order chi connectivity index (χ1) is 8.56. The van der Waals surface area contributed by atoms with Crippen LogP contribution >= 0.6 is 0 Å². The molecular formula is C12H14N2O4. The maximum absolute atomic E-state index is 10.5. The molecule has 0 bridgehead atoms. The molecule has 0 saturated heterocycles. The molecule has 1 aromatic heterocycles. The molecule has 0 radical (unpaired) electrons. The Kier molecular flexibility index (Phi) is 3.47. The van der Waals surface area contributed by atoms with Crippen LogP contribution < -0.4 is 4.90 Å². The van der Waals surface area contributed by atoms with Crippen molar-refractivity contribution in [1.29, 1.82) is 0 Å². The number of hydrogen-bond donors (Lipinski definition) is 2. The molecule has 96 valence electrons. The average molecular weight is 250 g/mol. The summed E-state index contributed by atoms with van der Waals surface area (Å²) in [4.78, 5) is 16.2. The summed E-state index contributed by atoms with van der Waals surface area (Å²) in [5, 5.41) is 18.1. The van der Waals surface area contributed by atoms with Crippen LogP contribution in [0.25, 0.3) is 11.1 Å². The van der Waals surface area contributed by atoms with E-state index in [2.05, 4.69) is 4.98 Å². The van der Waals surface area contributed by atoms with Gasteiger partial charge in [0.15, 0.2) is 12.0 Å². The number of aliphatic carboxylic acids is 1. The Morgan fingerprint density at radius 1 is 1.56 bits per heavy atom. The molecule has 6 nitrogen and oxygen atoms in total. The number of hydrogen-bond acceptors (Lipinski definition) is 5. The normalized spacial score (nSPS) is 12.6. The fraction of sp³-hybridized carbons (Fsp3) is 0.333. The third-order valence-corrected chi connectivity index (χ3v) is 2.65. The van der Waals surface area contributed by atoms with Crippen LogP contribution in [0.1, 0.15) is 6.42 Å². The van der Waals surface area contributed by atoms with E-state index in [9.17, 15) is 9.90 Å². The minimum atomic E-state index is -1.01. The number of aliphatic hydroxyl groups is 1. The Morgan fingerprint density at radius 3 is 3.06 bits per heavy atom. The molecule has 2 rings (SSSR count). The fourth-order valence-electron chi connectivity index (χ4n) is 1.77. The number of aromatic nitrogens is 1. The van der Waals surface area contributed by atoms with Crippen LogP contribution in [0.5, 0.6) is 0 Å². The molecule has 1 atom stereocenters. The number of nitrogens with zero attached hydrogens (tertiary/aromatic N) is 2. The molecule has 1 aromatic carbocycles. The SMILES string of the molecule is CN(CC(O)CC(=O)O)c1ccc2ncoc2c1. The van der Waals surface area contributed by atoms with Crippen LogP contribution in [-0.4, -0.2) is 40.9 Å². The molecule has 2 N–H and O–H groups in total. The Bertz CT molecular complexity index is 552. The summed E-state index contributed by atoms with van der Waals surface area (Å²) in [5.74, 6) is -1.01. The standard InChI is InChI=1S/C12H14N2O4/c1-14(6-9(15)5-12(16)17)8-2-3-10-11(4-8)18-7-13-10/h2-4,7,9,15H,5-6H2,1H3,(H,16,17). The number of carboxylic acids is 1. The Hall–Kier alpha value is -2.08. The number of carboxylic acid groups (broad SMARTS) is 1. The molecule has 6 heteroatoms. The first-order valence-corrected chi connectivity index (χ1v) is 5.50. The van der Waals surface area contributed by atoms with Crippen molar-refractivity contribution in [2.75, 3.05) is 18.5 Å². The van der Waals surface area contributed by atoms with Gasteiger partial charge in [-0.15, -0.1) is 0 Å². The van der Waals surface area contributed by atoms with Gasteiger partial charge in [-0.3, -0.25) is 4.79 Å². The van der Waals surface area contributed by atoms with Crippen LogP contribution in [0.15, 0.2) is 29.0 Å². The van der Waals surface area contributed by atoms with Crippen LogP contribution in [0.3, 0.4) is 0 Å². The van der Waals surface area contributed by atoms with Crippen molar-refractivity contribution in [2.45, 2.75) is 12.5 Å². The van der Waals surface area contributed by atoms with Crippen molar-refractivity contribution < 1.29 is 19.4 Å². The minimum Gasteiger partial charge on any atom is -0.481 e. The zero-order chi connectivity index (χ0) is 13.1. The Labute approximate surface area is 103 Å². The third kappa shape index (κ3) is 2.78. The number of benzene rings is 1. The third-order valence-electron chi connectivity index (χ3n) is 2.65. The van der Waals surface area contributed by atoms with Crippen molar-refractivity contribution in [3.63, 3.8) is 0 Å². The highest BCUT2D eigenvalue weighted by Gasteiger charge is 2.13. The molecule has 0 amide bonds. The second-order valence-corrected chi connectivity index (χ2v) is 4.14. The molecule has 0 aliphatic carbocycles. The zero-order valence-corrected chi connectivity index (χ0v) is 9.91. The molecule has 0 aliphatic rings. The lowest BCUT2D eigenvalue weighted by molar-refractivity contribution is -0.139. The summed E-state index contributed by atoms with van der Waals surface area (Å²) in [5.41, 5.74) is 2.26. The van der Waals surface area contributed by atoms with E-state index in [0.29, 0.717) is 5.58 Å². The van der Waals surface area contributed by atoms with Gasteiger partial charge in [0.2, 0.25) is 0 Å². The average Bonchev–Trinajstić information content (AvgIpc) is 2.74. The number of oxazole rings is 1. The van der Waals surface area contributed by atoms with E-state index < -0.39 is 12.1 Å². The summed E-state index contributed by atoms with van der Waals surface area (Å²) < 4.78 is 5.18. The number of anilines is 1. The highest BCUT2D eigenvalue weighted by molar-refractivity contribution is 5.77. The van der Waals surface area contributed by atoms with Crippen LogP contribution in [0.2, 0.25) is 0 Å². The van der Waals surface area contributed by atoms with E-state index >= 15 is 0 Å². The maximum atomic E-state index is 10.5. The number of aliphatic hydroxyl groups excluding tert-OH is 1. The molecule has 0 aliphatic heterocycles. The smallest absolute Gasteiger partial charge is 0.306 e. The monoisotopic (exact) mass is 250 g/mol. The van der Waals surface area contributed by atoms with E-state index in [1.807, 2.05) is 12.1 Å².